The zero-order valence-electron chi connectivity index (χ0n) is 16.9. The van der Waals surface area contributed by atoms with Crippen LogP contribution in [0.3, 0.4) is 0 Å². The molecule has 7 heteroatoms. The van der Waals surface area contributed by atoms with Crippen LogP contribution in [0, 0.1) is 6.92 Å². The van der Waals surface area contributed by atoms with Crippen LogP contribution >= 0.6 is 0 Å². The number of para-hydroxylation sites is 1. The van der Waals surface area contributed by atoms with Gasteiger partial charge in [0.15, 0.2) is 6.61 Å². The monoisotopic (exact) mass is 424 g/mol. The highest BCUT2D eigenvalue weighted by atomic mass is 32.2. The first kappa shape index (κ1) is 21.4. The number of benzene rings is 3. The predicted octanol–water partition coefficient (Wildman–Crippen LogP) is 4.38. The van der Waals surface area contributed by atoms with Gasteiger partial charge < -0.3 is 10.1 Å². The van der Waals surface area contributed by atoms with Crippen molar-refractivity contribution < 1.29 is 17.9 Å². The molecule has 156 valence electrons. The molecule has 6 nitrogen and oxygen atoms in total. The summed E-state index contributed by atoms with van der Waals surface area (Å²) < 4.78 is 33.0. The van der Waals surface area contributed by atoms with Crippen molar-refractivity contribution in [1.29, 1.82) is 0 Å². The van der Waals surface area contributed by atoms with Crippen molar-refractivity contribution in [2.24, 2.45) is 0 Å². The first-order chi connectivity index (χ1) is 14.4. The fourth-order valence-corrected chi connectivity index (χ4v) is 3.90. The Bertz CT molecular complexity index is 1110. The number of hydrogen-bond donors (Lipinski definition) is 2. The number of aryl methyl sites for hydroxylation is 2. The smallest absolute Gasteiger partial charge is 0.262 e. The average molecular weight is 425 g/mol. The summed E-state index contributed by atoms with van der Waals surface area (Å²) in [5, 5.41) is 2.83. The van der Waals surface area contributed by atoms with Gasteiger partial charge in [0, 0.05) is 11.4 Å². The highest BCUT2D eigenvalue weighted by molar-refractivity contribution is 7.92. The van der Waals surface area contributed by atoms with Crippen molar-refractivity contribution >= 4 is 27.3 Å². The van der Waals surface area contributed by atoms with Crippen molar-refractivity contribution in [3.8, 4) is 5.75 Å². The Morgan fingerprint density at radius 2 is 1.60 bits per heavy atom. The van der Waals surface area contributed by atoms with Crippen molar-refractivity contribution in [2.45, 2.75) is 25.2 Å². The number of anilines is 2. The number of sulfonamides is 1. The minimum Gasteiger partial charge on any atom is -0.484 e. The fraction of sp³-hybridized carbons (Fsp3) is 0.174. The predicted molar refractivity (Wildman–Crippen MR) is 118 cm³/mol. The van der Waals surface area contributed by atoms with Gasteiger partial charge in [-0.2, -0.15) is 0 Å². The van der Waals surface area contributed by atoms with Crippen LogP contribution < -0.4 is 14.8 Å². The molecular formula is C23H24N2O4S. The Morgan fingerprint density at radius 1 is 0.933 bits per heavy atom. The second-order valence-electron chi connectivity index (χ2n) is 6.79. The topological polar surface area (TPSA) is 84.5 Å². The lowest BCUT2D eigenvalue weighted by atomic mass is 10.1. The normalized spacial score (nSPS) is 11.0. The molecule has 2 N–H and O–H groups in total. The van der Waals surface area contributed by atoms with E-state index in [2.05, 4.69) is 10.0 Å². The molecule has 0 spiro atoms. The van der Waals surface area contributed by atoms with Crippen molar-refractivity contribution in [2.75, 3.05) is 16.6 Å². The standard InChI is InChI=1S/C23H24N2O4S/c1-3-18-6-4-5-7-22(18)24-23(26)16-29-20-12-14-21(15-13-20)30(27,28)25-19-10-8-17(2)9-11-19/h4-15,25H,3,16H2,1-2H3,(H,24,26). The first-order valence-electron chi connectivity index (χ1n) is 9.57. The van der Waals surface area contributed by atoms with E-state index in [1.54, 1.807) is 12.1 Å². The Morgan fingerprint density at radius 3 is 2.27 bits per heavy atom. The van der Waals surface area contributed by atoms with E-state index < -0.39 is 10.0 Å². The minimum absolute atomic E-state index is 0.108. The van der Waals surface area contributed by atoms with E-state index in [0.717, 1.165) is 23.2 Å². The van der Waals surface area contributed by atoms with Gasteiger partial charge in [-0.15, -0.1) is 0 Å². The molecule has 0 unspecified atom stereocenters. The van der Waals surface area contributed by atoms with Gasteiger partial charge in [-0.05, 0) is 61.4 Å². The van der Waals surface area contributed by atoms with E-state index in [9.17, 15) is 13.2 Å². The minimum atomic E-state index is -3.71. The molecule has 0 saturated carbocycles. The van der Waals surface area contributed by atoms with Crippen LogP contribution in [0.2, 0.25) is 0 Å². The van der Waals surface area contributed by atoms with Crippen LogP contribution in [0.25, 0.3) is 0 Å². The van der Waals surface area contributed by atoms with Crippen LogP contribution in [-0.4, -0.2) is 20.9 Å². The first-order valence-corrected chi connectivity index (χ1v) is 11.1. The molecule has 0 atom stereocenters. The molecular weight excluding hydrogens is 400 g/mol. The molecule has 0 aliphatic rings. The molecule has 0 fully saturated rings. The van der Waals surface area contributed by atoms with E-state index >= 15 is 0 Å². The van der Waals surface area contributed by atoms with Crippen LogP contribution in [-0.2, 0) is 21.2 Å². The van der Waals surface area contributed by atoms with Gasteiger partial charge in [-0.1, -0.05) is 42.8 Å². The third kappa shape index (κ3) is 5.61. The van der Waals surface area contributed by atoms with Gasteiger partial charge in [0.2, 0.25) is 0 Å². The maximum absolute atomic E-state index is 12.5. The lowest BCUT2D eigenvalue weighted by Crippen LogP contribution is -2.21. The van der Waals surface area contributed by atoms with Gasteiger partial charge in [0.25, 0.3) is 15.9 Å². The lowest BCUT2D eigenvalue weighted by Gasteiger charge is -2.11. The summed E-state index contributed by atoms with van der Waals surface area (Å²) >= 11 is 0. The number of carbonyl (C=O) groups is 1. The number of carbonyl (C=O) groups excluding carboxylic acids is 1. The van der Waals surface area contributed by atoms with E-state index in [4.69, 9.17) is 4.74 Å². The Kier molecular flexibility index (Phi) is 6.74. The third-order valence-electron chi connectivity index (χ3n) is 4.48. The largest absolute Gasteiger partial charge is 0.484 e. The lowest BCUT2D eigenvalue weighted by molar-refractivity contribution is -0.118. The van der Waals surface area contributed by atoms with Gasteiger partial charge in [-0.3, -0.25) is 9.52 Å². The average Bonchev–Trinajstić information content (AvgIpc) is 2.74. The number of amides is 1. The van der Waals surface area contributed by atoms with Gasteiger partial charge >= 0.3 is 0 Å². The van der Waals surface area contributed by atoms with E-state index in [1.165, 1.54) is 24.3 Å². The molecule has 0 heterocycles. The zero-order valence-corrected chi connectivity index (χ0v) is 17.7. The van der Waals surface area contributed by atoms with Crippen molar-refractivity contribution in [1.82, 2.24) is 0 Å². The van der Waals surface area contributed by atoms with Gasteiger partial charge in [0.1, 0.15) is 5.75 Å². The number of nitrogens with one attached hydrogen (secondary N) is 2. The molecule has 3 rings (SSSR count). The quantitative estimate of drug-likeness (QED) is 0.562. The molecule has 0 aliphatic carbocycles. The second-order valence-corrected chi connectivity index (χ2v) is 8.47. The summed E-state index contributed by atoms with van der Waals surface area (Å²) in [6, 6.07) is 20.6. The molecule has 0 bridgehead atoms. The Labute approximate surface area is 177 Å². The summed E-state index contributed by atoms with van der Waals surface area (Å²) in [6.45, 7) is 3.77. The molecule has 3 aromatic rings. The Hall–Kier alpha value is -3.32. The third-order valence-corrected chi connectivity index (χ3v) is 5.88. The molecule has 0 radical (unpaired) electrons. The highest BCUT2D eigenvalue weighted by Crippen LogP contribution is 2.20. The number of rotatable bonds is 8. The second kappa shape index (κ2) is 9.45. The Balaban J connectivity index is 1.58. The molecule has 0 saturated heterocycles. The van der Waals surface area contributed by atoms with Crippen molar-refractivity contribution in [3.63, 3.8) is 0 Å². The summed E-state index contributed by atoms with van der Waals surface area (Å²) in [6.07, 6.45) is 0.809. The van der Waals surface area contributed by atoms with Gasteiger partial charge in [-0.25, -0.2) is 8.42 Å². The number of hydrogen-bond acceptors (Lipinski definition) is 4. The van der Waals surface area contributed by atoms with E-state index in [0.29, 0.717) is 11.4 Å². The van der Waals surface area contributed by atoms with E-state index in [-0.39, 0.29) is 17.4 Å². The molecule has 0 aromatic heterocycles. The number of ether oxygens (including phenoxy) is 1. The van der Waals surface area contributed by atoms with Gasteiger partial charge in [0.05, 0.1) is 4.90 Å². The summed E-state index contributed by atoms with van der Waals surface area (Å²) in [4.78, 5) is 12.3. The summed E-state index contributed by atoms with van der Waals surface area (Å²) in [5.74, 6) is 0.122. The molecule has 30 heavy (non-hydrogen) atoms. The molecule has 0 aliphatic heterocycles. The summed E-state index contributed by atoms with van der Waals surface area (Å²) in [5.41, 5.74) is 3.34. The molecule has 3 aromatic carbocycles. The van der Waals surface area contributed by atoms with Crippen LogP contribution in [0.4, 0.5) is 11.4 Å². The fourth-order valence-electron chi connectivity index (χ4n) is 2.84. The van der Waals surface area contributed by atoms with E-state index in [1.807, 2.05) is 50.2 Å². The SMILES string of the molecule is CCc1ccccc1NC(=O)COc1ccc(S(=O)(=O)Nc2ccc(C)cc2)cc1. The molecule has 1 amide bonds. The van der Waals surface area contributed by atoms with Crippen molar-refractivity contribution in [3.05, 3.63) is 83.9 Å². The van der Waals surface area contributed by atoms with Crippen LogP contribution in [0.1, 0.15) is 18.1 Å². The summed E-state index contributed by atoms with van der Waals surface area (Å²) in [7, 11) is -3.71. The highest BCUT2D eigenvalue weighted by Gasteiger charge is 2.14. The maximum Gasteiger partial charge on any atom is 0.262 e. The zero-order chi connectivity index (χ0) is 21.6. The maximum atomic E-state index is 12.5. The van der Waals surface area contributed by atoms with Crippen LogP contribution in [0.5, 0.6) is 5.75 Å². The van der Waals surface area contributed by atoms with Crippen LogP contribution in [0.15, 0.2) is 77.7 Å².